The largest absolute Gasteiger partial charge is 0.374 e. The van der Waals surface area contributed by atoms with E-state index in [-0.39, 0.29) is 6.10 Å². The standard InChI is InChI=1S/C15H20N6OS/c1-11-16-12(2)21(18-11)10-14-9-19(3-5-22-14)7-13-8-20-4-6-23-15(20)17-13/h4,6,8,14H,3,5,7,9-10H2,1-2H3. The Bertz CT molecular complexity index is 777. The average Bonchev–Trinajstić information content (AvgIpc) is 3.15. The summed E-state index contributed by atoms with van der Waals surface area (Å²) in [4.78, 5) is 12.5. The van der Waals surface area contributed by atoms with Crippen LogP contribution >= 0.6 is 11.3 Å². The van der Waals surface area contributed by atoms with Gasteiger partial charge in [-0.2, -0.15) is 5.10 Å². The van der Waals surface area contributed by atoms with Crippen molar-refractivity contribution in [2.24, 2.45) is 0 Å². The Kier molecular flexibility index (Phi) is 3.88. The molecular weight excluding hydrogens is 312 g/mol. The molecule has 4 heterocycles. The summed E-state index contributed by atoms with van der Waals surface area (Å²) in [5, 5.41) is 6.48. The van der Waals surface area contributed by atoms with Gasteiger partial charge in [-0.1, -0.05) is 0 Å². The van der Waals surface area contributed by atoms with Crippen molar-refractivity contribution in [3.05, 3.63) is 35.1 Å². The van der Waals surface area contributed by atoms with E-state index in [1.807, 2.05) is 18.5 Å². The van der Waals surface area contributed by atoms with Crippen LogP contribution in [-0.4, -0.2) is 54.8 Å². The molecule has 0 N–H and O–H groups in total. The molecule has 23 heavy (non-hydrogen) atoms. The van der Waals surface area contributed by atoms with Gasteiger partial charge >= 0.3 is 0 Å². The predicted molar refractivity (Wildman–Crippen MR) is 87.6 cm³/mol. The molecule has 0 aliphatic carbocycles. The first-order valence-electron chi connectivity index (χ1n) is 7.80. The highest BCUT2D eigenvalue weighted by atomic mass is 32.1. The van der Waals surface area contributed by atoms with E-state index in [4.69, 9.17) is 4.74 Å². The fourth-order valence-electron chi connectivity index (χ4n) is 3.04. The molecular formula is C15H20N6OS. The first-order valence-corrected chi connectivity index (χ1v) is 8.68. The third-order valence-electron chi connectivity index (χ3n) is 4.09. The zero-order chi connectivity index (χ0) is 15.8. The number of aryl methyl sites for hydroxylation is 2. The zero-order valence-corrected chi connectivity index (χ0v) is 14.2. The summed E-state index contributed by atoms with van der Waals surface area (Å²) in [5.74, 6) is 1.76. The minimum atomic E-state index is 0.146. The van der Waals surface area contributed by atoms with Crippen molar-refractivity contribution in [1.29, 1.82) is 0 Å². The lowest BCUT2D eigenvalue weighted by molar-refractivity contribution is -0.0408. The lowest BCUT2D eigenvalue weighted by Gasteiger charge is -2.32. The average molecular weight is 332 g/mol. The van der Waals surface area contributed by atoms with Gasteiger partial charge in [0.1, 0.15) is 11.6 Å². The summed E-state index contributed by atoms with van der Waals surface area (Å²) >= 11 is 1.67. The van der Waals surface area contributed by atoms with Crippen molar-refractivity contribution in [2.75, 3.05) is 19.7 Å². The molecule has 3 aromatic heterocycles. The van der Waals surface area contributed by atoms with Gasteiger partial charge in [0.15, 0.2) is 4.96 Å². The number of rotatable bonds is 4. The summed E-state index contributed by atoms with van der Waals surface area (Å²) in [6.07, 6.45) is 4.31. The summed E-state index contributed by atoms with van der Waals surface area (Å²) in [6.45, 7) is 8.10. The maximum Gasteiger partial charge on any atom is 0.193 e. The fraction of sp³-hybridized carbons (Fsp3) is 0.533. The van der Waals surface area contributed by atoms with Gasteiger partial charge in [0.05, 0.1) is 24.9 Å². The molecule has 1 fully saturated rings. The summed E-state index contributed by atoms with van der Waals surface area (Å²) in [5.41, 5.74) is 1.12. The summed E-state index contributed by atoms with van der Waals surface area (Å²) in [6, 6.07) is 0. The molecule has 122 valence electrons. The van der Waals surface area contributed by atoms with Gasteiger partial charge in [-0.3, -0.25) is 9.30 Å². The van der Waals surface area contributed by atoms with Gasteiger partial charge in [-0.15, -0.1) is 11.3 Å². The second-order valence-corrected chi connectivity index (χ2v) is 6.81. The third-order valence-corrected chi connectivity index (χ3v) is 4.86. The highest BCUT2D eigenvalue weighted by molar-refractivity contribution is 7.15. The molecule has 0 amide bonds. The van der Waals surface area contributed by atoms with E-state index in [0.29, 0.717) is 0 Å². The lowest BCUT2D eigenvalue weighted by Crippen LogP contribution is -2.44. The normalized spacial score (nSPS) is 19.7. The van der Waals surface area contributed by atoms with Crippen molar-refractivity contribution in [1.82, 2.24) is 29.0 Å². The van der Waals surface area contributed by atoms with Gasteiger partial charge in [0.25, 0.3) is 0 Å². The number of ether oxygens (including phenoxy) is 1. The van der Waals surface area contributed by atoms with E-state index in [0.717, 1.165) is 55.1 Å². The fourth-order valence-corrected chi connectivity index (χ4v) is 3.76. The molecule has 1 aliphatic rings. The van der Waals surface area contributed by atoms with Crippen LogP contribution in [0.5, 0.6) is 0 Å². The molecule has 1 atom stereocenters. The quantitative estimate of drug-likeness (QED) is 0.725. The van der Waals surface area contributed by atoms with Gasteiger partial charge in [0.2, 0.25) is 0 Å². The maximum atomic E-state index is 5.90. The van der Waals surface area contributed by atoms with Crippen molar-refractivity contribution < 1.29 is 4.74 Å². The Hall–Kier alpha value is -1.77. The van der Waals surface area contributed by atoms with E-state index in [1.165, 1.54) is 0 Å². The van der Waals surface area contributed by atoms with Crippen LogP contribution in [0.1, 0.15) is 17.3 Å². The number of fused-ring (bicyclic) bond motifs is 1. The maximum absolute atomic E-state index is 5.90. The number of hydrogen-bond acceptors (Lipinski definition) is 6. The lowest BCUT2D eigenvalue weighted by atomic mass is 10.2. The summed E-state index contributed by atoms with van der Waals surface area (Å²) in [7, 11) is 0. The molecule has 4 rings (SSSR count). The number of aromatic nitrogens is 5. The minimum absolute atomic E-state index is 0.146. The number of imidazole rings is 1. The first kappa shape index (κ1) is 14.8. The SMILES string of the molecule is Cc1nc(C)n(CC2CN(Cc3cn4ccsc4n3)CCO2)n1. The van der Waals surface area contributed by atoms with Crippen LogP contribution in [0.3, 0.4) is 0 Å². The zero-order valence-electron chi connectivity index (χ0n) is 13.3. The Morgan fingerprint density at radius 3 is 3.04 bits per heavy atom. The monoisotopic (exact) mass is 332 g/mol. The second-order valence-electron chi connectivity index (χ2n) is 5.94. The van der Waals surface area contributed by atoms with E-state index in [9.17, 15) is 0 Å². The number of hydrogen-bond donors (Lipinski definition) is 0. The van der Waals surface area contributed by atoms with Crippen molar-refractivity contribution in [3.63, 3.8) is 0 Å². The van der Waals surface area contributed by atoms with Crippen molar-refractivity contribution in [3.8, 4) is 0 Å². The van der Waals surface area contributed by atoms with Crippen LogP contribution < -0.4 is 0 Å². The molecule has 0 saturated carbocycles. The predicted octanol–water partition coefficient (Wildman–Crippen LogP) is 1.51. The Balaban J connectivity index is 1.40. The summed E-state index contributed by atoms with van der Waals surface area (Å²) < 4.78 is 9.93. The van der Waals surface area contributed by atoms with E-state index < -0.39 is 0 Å². The van der Waals surface area contributed by atoms with Gasteiger partial charge in [0, 0.05) is 37.4 Å². The molecule has 1 saturated heterocycles. The molecule has 3 aromatic rings. The third kappa shape index (κ3) is 3.15. The Morgan fingerprint density at radius 2 is 2.26 bits per heavy atom. The van der Waals surface area contributed by atoms with Crippen molar-refractivity contribution in [2.45, 2.75) is 33.0 Å². The topological polar surface area (TPSA) is 60.5 Å². The number of thiazole rings is 1. The molecule has 1 unspecified atom stereocenters. The van der Waals surface area contributed by atoms with Gasteiger partial charge in [-0.05, 0) is 13.8 Å². The van der Waals surface area contributed by atoms with E-state index in [1.54, 1.807) is 11.3 Å². The number of nitrogens with zero attached hydrogens (tertiary/aromatic N) is 6. The van der Waals surface area contributed by atoms with Crippen molar-refractivity contribution >= 4 is 16.3 Å². The molecule has 0 radical (unpaired) electrons. The molecule has 8 heteroatoms. The number of morpholine rings is 1. The van der Waals surface area contributed by atoms with E-state index >= 15 is 0 Å². The second kappa shape index (κ2) is 6.03. The molecule has 1 aliphatic heterocycles. The highest BCUT2D eigenvalue weighted by Gasteiger charge is 2.22. The molecule has 7 nitrogen and oxygen atoms in total. The molecule has 0 aromatic carbocycles. The Labute approximate surface area is 138 Å². The Morgan fingerprint density at radius 1 is 1.35 bits per heavy atom. The molecule has 0 spiro atoms. The van der Waals surface area contributed by atoms with Gasteiger partial charge in [-0.25, -0.2) is 14.6 Å². The smallest absolute Gasteiger partial charge is 0.193 e. The van der Waals surface area contributed by atoms with Crippen LogP contribution in [0.25, 0.3) is 4.96 Å². The minimum Gasteiger partial charge on any atom is -0.374 e. The van der Waals surface area contributed by atoms with Crippen LogP contribution in [0.15, 0.2) is 17.8 Å². The van der Waals surface area contributed by atoms with Crippen LogP contribution in [0.4, 0.5) is 0 Å². The highest BCUT2D eigenvalue weighted by Crippen LogP contribution is 2.15. The van der Waals surface area contributed by atoms with Crippen LogP contribution in [-0.2, 0) is 17.8 Å². The molecule has 0 bridgehead atoms. The first-order chi connectivity index (χ1) is 11.2. The van der Waals surface area contributed by atoms with Crippen LogP contribution in [0.2, 0.25) is 0 Å². The van der Waals surface area contributed by atoms with Crippen LogP contribution in [0, 0.1) is 13.8 Å². The van der Waals surface area contributed by atoms with Gasteiger partial charge < -0.3 is 4.74 Å². The van der Waals surface area contributed by atoms with E-state index in [2.05, 4.69) is 42.1 Å².